The van der Waals surface area contributed by atoms with Gasteiger partial charge in [0.25, 0.3) is 0 Å². The van der Waals surface area contributed by atoms with Gasteiger partial charge in [-0.1, -0.05) is 0 Å². The number of nitrogens with one attached hydrogen (secondary N) is 1. The highest BCUT2D eigenvalue weighted by Crippen LogP contribution is 2.29. The molecule has 0 radical (unpaired) electrons. The largest absolute Gasteiger partial charge is 0.494 e. The third kappa shape index (κ3) is 1.95. The van der Waals surface area contributed by atoms with Gasteiger partial charge in [-0.05, 0) is 37.1 Å². The van der Waals surface area contributed by atoms with Crippen molar-refractivity contribution in [1.82, 2.24) is 5.32 Å². The average molecular weight is 213 g/mol. The average Bonchev–Trinajstić information content (AvgIpc) is 2.75. The van der Waals surface area contributed by atoms with Crippen LogP contribution in [-0.2, 0) is 0 Å². The number of halogens is 2. The van der Waals surface area contributed by atoms with Crippen molar-refractivity contribution in [3.63, 3.8) is 0 Å². The van der Waals surface area contributed by atoms with Crippen molar-refractivity contribution >= 4 is 0 Å². The van der Waals surface area contributed by atoms with Gasteiger partial charge in [0.2, 0.25) is 5.82 Å². The molecule has 1 saturated heterocycles. The summed E-state index contributed by atoms with van der Waals surface area (Å²) < 4.78 is 31.1. The van der Waals surface area contributed by atoms with Crippen LogP contribution in [-0.4, -0.2) is 13.7 Å². The second kappa shape index (κ2) is 4.14. The zero-order valence-electron chi connectivity index (χ0n) is 8.52. The summed E-state index contributed by atoms with van der Waals surface area (Å²) in [6.45, 7) is 0.923. The topological polar surface area (TPSA) is 21.3 Å². The normalized spacial score (nSPS) is 20.6. The number of hydrogen-bond donors (Lipinski definition) is 1. The summed E-state index contributed by atoms with van der Waals surface area (Å²) in [6.07, 6.45) is 2.01. The number of methoxy groups -OCH3 is 1. The zero-order valence-corrected chi connectivity index (χ0v) is 8.52. The Labute approximate surface area is 87.2 Å². The van der Waals surface area contributed by atoms with Gasteiger partial charge in [-0.3, -0.25) is 0 Å². The summed E-state index contributed by atoms with van der Waals surface area (Å²) in [5.74, 6) is -1.80. The molecule has 0 spiro atoms. The van der Waals surface area contributed by atoms with Gasteiger partial charge >= 0.3 is 0 Å². The maximum atomic E-state index is 13.2. The Morgan fingerprint density at radius 2 is 2.20 bits per heavy atom. The predicted molar refractivity (Wildman–Crippen MR) is 52.9 cm³/mol. The van der Waals surface area contributed by atoms with Crippen LogP contribution in [0.3, 0.4) is 0 Å². The maximum absolute atomic E-state index is 13.2. The van der Waals surface area contributed by atoms with E-state index in [2.05, 4.69) is 5.32 Å². The van der Waals surface area contributed by atoms with Crippen molar-refractivity contribution < 1.29 is 13.5 Å². The number of rotatable bonds is 2. The number of hydrogen-bond acceptors (Lipinski definition) is 2. The molecule has 82 valence electrons. The molecule has 15 heavy (non-hydrogen) atoms. The van der Waals surface area contributed by atoms with Crippen LogP contribution in [0.5, 0.6) is 5.75 Å². The lowest BCUT2D eigenvalue weighted by atomic mass is 10.0. The molecule has 0 aliphatic carbocycles. The van der Waals surface area contributed by atoms with E-state index < -0.39 is 11.6 Å². The fourth-order valence-corrected chi connectivity index (χ4v) is 1.90. The first kappa shape index (κ1) is 10.4. The number of benzene rings is 1. The summed E-state index contributed by atoms with van der Waals surface area (Å²) in [7, 11) is 1.34. The van der Waals surface area contributed by atoms with Gasteiger partial charge in [0.1, 0.15) is 0 Å². The van der Waals surface area contributed by atoms with E-state index in [1.165, 1.54) is 13.2 Å². The fourth-order valence-electron chi connectivity index (χ4n) is 1.90. The summed E-state index contributed by atoms with van der Waals surface area (Å²) in [5, 5.41) is 3.23. The van der Waals surface area contributed by atoms with E-state index in [1.54, 1.807) is 6.07 Å². The standard InChI is InChI=1S/C11H13F2NO/c1-15-10-6-7(5-8(12)11(10)13)9-3-2-4-14-9/h5-6,9,14H,2-4H2,1H3/t9-/m1/s1. The lowest BCUT2D eigenvalue weighted by molar-refractivity contribution is 0.370. The monoisotopic (exact) mass is 213 g/mol. The first-order chi connectivity index (χ1) is 7.22. The van der Waals surface area contributed by atoms with E-state index in [4.69, 9.17) is 4.74 Å². The molecular formula is C11H13F2NO. The van der Waals surface area contributed by atoms with Gasteiger partial charge in [0.15, 0.2) is 11.6 Å². The molecule has 0 unspecified atom stereocenters. The van der Waals surface area contributed by atoms with E-state index in [0.717, 1.165) is 24.9 Å². The molecule has 1 atom stereocenters. The summed E-state index contributed by atoms with van der Waals surface area (Å²) in [6, 6.07) is 2.91. The van der Waals surface area contributed by atoms with Crippen LogP contribution in [0.25, 0.3) is 0 Å². The molecule has 2 nitrogen and oxygen atoms in total. The minimum atomic E-state index is -0.917. The van der Waals surface area contributed by atoms with Gasteiger partial charge in [0.05, 0.1) is 7.11 Å². The van der Waals surface area contributed by atoms with E-state index >= 15 is 0 Å². The Bertz CT molecular complexity index is 362. The third-order valence-electron chi connectivity index (χ3n) is 2.70. The van der Waals surface area contributed by atoms with Crippen molar-refractivity contribution in [2.24, 2.45) is 0 Å². The summed E-state index contributed by atoms with van der Waals surface area (Å²) in [5.41, 5.74) is 0.753. The Kier molecular flexibility index (Phi) is 2.86. The van der Waals surface area contributed by atoms with Crippen LogP contribution in [0, 0.1) is 11.6 Å². The molecule has 0 aromatic heterocycles. The smallest absolute Gasteiger partial charge is 0.200 e. The molecule has 1 N–H and O–H groups in total. The predicted octanol–water partition coefficient (Wildman–Crippen LogP) is 2.40. The number of ether oxygens (including phenoxy) is 1. The highest BCUT2D eigenvalue weighted by Gasteiger charge is 2.20. The first-order valence-corrected chi connectivity index (χ1v) is 4.98. The molecule has 1 heterocycles. The Hall–Kier alpha value is -1.16. The molecule has 1 aromatic carbocycles. The van der Waals surface area contributed by atoms with E-state index in [0.29, 0.717) is 0 Å². The van der Waals surface area contributed by atoms with Gasteiger partial charge in [-0.2, -0.15) is 4.39 Å². The van der Waals surface area contributed by atoms with Crippen molar-refractivity contribution in [3.8, 4) is 5.75 Å². The van der Waals surface area contributed by atoms with Gasteiger partial charge in [-0.25, -0.2) is 4.39 Å². The molecule has 2 rings (SSSR count). The summed E-state index contributed by atoms with van der Waals surface area (Å²) >= 11 is 0. The molecular weight excluding hydrogens is 200 g/mol. The lowest BCUT2D eigenvalue weighted by Gasteiger charge is -2.12. The highest BCUT2D eigenvalue weighted by molar-refractivity contribution is 5.33. The van der Waals surface area contributed by atoms with Crippen LogP contribution < -0.4 is 10.1 Å². The zero-order chi connectivity index (χ0) is 10.8. The van der Waals surface area contributed by atoms with Gasteiger partial charge < -0.3 is 10.1 Å². The maximum Gasteiger partial charge on any atom is 0.200 e. The van der Waals surface area contributed by atoms with Gasteiger partial charge in [-0.15, -0.1) is 0 Å². The SMILES string of the molecule is COc1cc([C@H]2CCCN2)cc(F)c1F. The quantitative estimate of drug-likeness (QED) is 0.814. The van der Waals surface area contributed by atoms with Crippen LogP contribution in [0.2, 0.25) is 0 Å². The molecule has 1 aliphatic rings. The molecule has 0 bridgehead atoms. The second-order valence-electron chi connectivity index (χ2n) is 3.67. The molecule has 1 aliphatic heterocycles. The van der Waals surface area contributed by atoms with E-state index in [9.17, 15) is 8.78 Å². The third-order valence-corrected chi connectivity index (χ3v) is 2.70. The van der Waals surface area contributed by atoms with E-state index in [1.807, 2.05) is 0 Å². The van der Waals surface area contributed by atoms with Crippen molar-refractivity contribution in [1.29, 1.82) is 0 Å². The van der Waals surface area contributed by atoms with Crippen molar-refractivity contribution in [3.05, 3.63) is 29.3 Å². The first-order valence-electron chi connectivity index (χ1n) is 4.98. The van der Waals surface area contributed by atoms with Gasteiger partial charge in [0, 0.05) is 6.04 Å². The van der Waals surface area contributed by atoms with Crippen LogP contribution in [0.15, 0.2) is 12.1 Å². The van der Waals surface area contributed by atoms with Crippen molar-refractivity contribution in [2.75, 3.05) is 13.7 Å². The van der Waals surface area contributed by atoms with Crippen LogP contribution in [0.4, 0.5) is 8.78 Å². The summed E-state index contributed by atoms with van der Waals surface area (Å²) in [4.78, 5) is 0. The van der Waals surface area contributed by atoms with Crippen LogP contribution >= 0.6 is 0 Å². The fraction of sp³-hybridized carbons (Fsp3) is 0.455. The Morgan fingerprint density at radius 1 is 1.40 bits per heavy atom. The lowest BCUT2D eigenvalue weighted by Crippen LogP contribution is -2.13. The van der Waals surface area contributed by atoms with E-state index in [-0.39, 0.29) is 11.8 Å². The van der Waals surface area contributed by atoms with Crippen LogP contribution in [0.1, 0.15) is 24.4 Å². The highest BCUT2D eigenvalue weighted by atomic mass is 19.2. The molecule has 4 heteroatoms. The minimum Gasteiger partial charge on any atom is -0.494 e. The molecule has 0 amide bonds. The second-order valence-corrected chi connectivity index (χ2v) is 3.67. The Balaban J connectivity index is 2.35. The Morgan fingerprint density at radius 3 is 2.80 bits per heavy atom. The molecule has 0 saturated carbocycles. The van der Waals surface area contributed by atoms with Crippen molar-refractivity contribution in [2.45, 2.75) is 18.9 Å². The molecule has 1 aromatic rings. The molecule has 1 fully saturated rings. The minimum absolute atomic E-state index is 0.0290.